The summed E-state index contributed by atoms with van der Waals surface area (Å²) in [5, 5.41) is 50.7. The van der Waals surface area contributed by atoms with Gasteiger partial charge in [0.25, 0.3) is 0 Å². The zero-order chi connectivity index (χ0) is 23.5. The first-order valence-corrected chi connectivity index (χ1v) is 12.1. The van der Waals surface area contributed by atoms with E-state index in [0.29, 0.717) is 36.4 Å². The van der Waals surface area contributed by atoms with E-state index in [9.17, 15) is 25.5 Å². The molecule has 180 valence electrons. The third-order valence-corrected chi connectivity index (χ3v) is 9.21. The number of rotatable bonds is 3. The summed E-state index contributed by atoms with van der Waals surface area (Å²) in [6, 6.07) is 0. The SMILES string of the molecule is C#C[C@]1(O)CC[C@H]2[C@@H]3CCC4=C=C(O[C@@H]5O[C@H](CO)[C@@H](O)[C@H](O)[C@H]5O)CC=C4[C@H]3CC[C@@]21C. The van der Waals surface area contributed by atoms with Gasteiger partial charge in [-0.05, 0) is 61.9 Å². The highest BCUT2D eigenvalue weighted by molar-refractivity contribution is 5.41. The zero-order valence-corrected chi connectivity index (χ0v) is 19.0. The molecule has 33 heavy (non-hydrogen) atoms. The summed E-state index contributed by atoms with van der Waals surface area (Å²) in [5.74, 6) is 4.56. The molecule has 5 N–H and O–H groups in total. The van der Waals surface area contributed by atoms with E-state index < -0.39 is 42.9 Å². The van der Waals surface area contributed by atoms with Crippen LogP contribution < -0.4 is 0 Å². The number of hydrogen-bond acceptors (Lipinski definition) is 7. The van der Waals surface area contributed by atoms with Crippen molar-refractivity contribution in [1.82, 2.24) is 0 Å². The molecule has 5 rings (SSSR count). The number of fused-ring (bicyclic) bond motifs is 5. The highest BCUT2D eigenvalue weighted by Gasteiger charge is 2.61. The summed E-state index contributed by atoms with van der Waals surface area (Å²) < 4.78 is 11.3. The highest BCUT2D eigenvalue weighted by atomic mass is 16.7. The Hall–Kier alpha value is -1.62. The molecule has 0 bridgehead atoms. The topological polar surface area (TPSA) is 120 Å². The van der Waals surface area contributed by atoms with Gasteiger partial charge in [0.1, 0.15) is 35.8 Å². The summed E-state index contributed by atoms with van der Waals surface area (Å²) >= 11 is 0. The fourth-order valence-electron chi connectivity index (χ4n) is 7.22. The molecule has 0 radical (unpaired) electrons. The van der Waals surface area contributed by atoms with E-state index in [1.165, 1.54) is 5.57 Å². The maximum atomic E-state index is 11.1. The van der Waals surface area contributed by atoms with E-state index in [2.05, 4.69) is 24.7 Å². The molecule has 3 saturated carbocycles. The lowest BCUT2D eigenvalue weighted by Crippen LogP contribution is -2.59. The Morgan fingerprint density at radius 3 is 2.70 bits per heavy atom. The van der Waals surface area contributed by atoms with Gasteiger partial charge in [0, 0.05) is 17.4 Å². The largest absolute Gasteiger partial charge is 0.458 e. The summed E-state index contributed by atoms with van der Waals surface area (Å²) in [4.78, 5) is 0. The average Bonchev–Trinajstić information content (AvgIpc) is 3.10. The van der Waals surface area contributed by atoms with Crippen LogP contribution in [0.5, 0.6) is 0 Å². The van der Waals surface area contributed by atoms with Crippen LogP contribution in [0.1, 0.15) is 51.9 Å². The van der Waals surface area contributed by atoms with E-state index in [1.807, 2.05) is 0 Å². The first-order valence-electron chi connectivity index (χ1n) is 12.1. The molecule has 0 aromatic heterocycles. The van der Waals surface area contributed by atoms with Crippen molar-refractivity contribution in [3.05, 3.63) is 28.7 Å². The third kappa shape index (κ3) is 3.44. The van der Waals surface area contributed by atoms with Gasteiger partial charge in [0.15, 0.2) is 0 Å². The van der Waals surface area contributed by atoms with E-state index in [0.717, 1.165) is 37.7 Å². The number of aliphatic hydroxyl groups excluding tert-OH is 4. The van der Waals surface area contributed by atoms with Gasteiger partial charge in [-0.3, -0.25) is 0 Å². The van der Waals surface area contributed by atoms with Gasteiger partial charge in [-0.15, -0.1) is 6.42 Å². The second-order valence-electron chi connectivity index (χ2n) is 10.6. The number of allylic oxidation sites excluding steroid dienone is 2. The van der Waals surface area contributed by atoms with Gasteiger partial charge in [-0.25, -0.2) is 0 Å². The molecule has 0 aromatic rings. The number of ether oxygens (including phenoxy) is 2. The van der Waals surface area contributed by atoms with Crippen molar-refractivity contribution in [1.29, 1.82) is 0 Å². The molecule has 1 saturated heterocycles. The lowest BCUT2D eigenvalue weighted by Gasteiger charge is -2.52. The van der Waals surface area contributed by atoms with Gasteiger partial charge < -0.3 is 35.0 Å². The molecule has 0 amide bonds. The lowest BCUT2D eigenvalue weighted by atomic mass is 9.52. The first kappa shape index (κ1) is 23.1. The van der Waals surface area contributed by atoms with Crippen LogP contribution in [0.3, 0.4) is 0 Å². The predicted octanol–water partition coefficient (Wildman–Crippen LogP) is 1.14. The minimum atomic E-state index is -1.47. The highest BCUT2D eigenvalue weighted by Crippen LogP contribution is 2.64. The molecule has 7 heteroatoms. The molecule has 10 atom stereocenters. The molecule has 0 aromatic carbocycles. The average molecular weight is 459 g/mol. The van der Waals surface area contributed by atoms with Crippen molar-refractivity contribution < 1.29 is 35.0 Å². The van der Waals surface area contributed by atoms with Crippen LogP contribution in [0, 0.1) is 35.5 Å². The van der Waals surface area contributed by atoms with Crippen molar-refractivity contribution in [2.24, 2.45) is 23.2 Å². The maximum Gasteiger partial charge on any atom is 0.229 e. The lowest BCUT2D eigenvalue weighted by molar-refractivity contribution is -0.291. The molecular weight excluding hydrogens is 424 g/mol. The van der Waals surface area contributed by atoms with Crippen LogP contribution >= 0.6 is 0 Å². The Labute approximate surface area is 194 Å². The van der Waals surface area contributed by atoms with Crippen LogP contribution in [-0.4, -0.2) is 68.4 Å². The molecule has 5 aliphatic rings. The standard InChI is InChI=1S/C26H34O7/c1-3-26(31)11-9-19-18-6-4-14-12-15(5-7-16(14)17(18)8-10-25(19,26)2)32-24-23(30)22(29)21(28)20(13-27)33-24/h1,7,17-24,27-31H,4-6,8-11,13H2,2H3/t17-,18-,19+,20-,21-,22+,23-,24-,25+,26+/m1/s1. The second-order valence-corrected chi connectivity index (χ2v) is 10.6. The summed E-state index contributed by atoms with van der Waals surface area (Å²) in [7, 11) is 0. The quantitative estimate of drug-likeness (QED) is 0.318. The molecule has 1 aliphatic heterocycles. The smallest absolute Gasteiger partial charge is 0.229 e. The van der Waals surface area contributed by atoms with E-state index >= 15 is 0 Å². The zero-order valence-electron chi connectivity index (χ0n) is 19.0. The van der Waals surface area contributed by atoms with Gasteiger partial charge in [-0.2, -0.15) is 0 Å². The minimum Gasteiger partial charge on any atom is -0.458 e. The van der Waals surface area contributed by atoms with Gasteiger partial charge in [0.05, 0.1) is 6.61 Å². The second kappa shape index (κ2) is 8.25. The van der Waals surface area contributed by atoms with Gasteiger partial charge in [-0.1, -0.05) is 24.7 Å². The molecule has 1 heterocycles. The number of aliphatic hydroxyl groups is 5. The predicted molar refractivity (Wildman–Crippen MR) is 118 cm³/mol. The summed E-state index contributed by atoms with van der Waals surface area (Å²) in [6.45, 7) is 1.68. The molecule has 0 unspecified atom stereocenters. The minimum absolute atomic E-state index is 0.230. The summed E-state index contributed by atoms with van der Waals surface area (Å²) in [6.07, 6.45) is 7.32. The van der Waals surface area contributed by atoms with E-state index in [1.54, 1.807) is 0 Å². The van der Waals surface area contributed by atoms with Crippen LogP contribution in [-0.2, 0) is 9.47 Å². The van der Waals surface area contributed by atoms with Crippen LogP contribution in [0.2, 0.25) is 0 Å². The Morgan fingerprint density at radius 2 is 1.97 bits per heavy atom. The molecule has 0 spiro atoms. The van der Waals surface area contributed by atoms with Crippen molar-refractivity contribution in [3.8, 4) is 12.3 Å². The molecule has 4 fully saturated rings. The van der Waals surface area contributed by atoms with Gasteiger partial charge >= 0.3 is 0 Å². The fraction of sp³-hybridized carbons (Fsp3) is 0.731. The summed E-state index contributed by atoms with van der Waals surface area (Å²) in [5.41, 5.74) is 4.56. The Kier molecular flexibility index (Phi) is 5.78. The molecular formula is C26H34O7. The number of hydrogen-bond donors (Lipinski definition) is 5. The third-order valence-electron chi connectivity index (χ3n) is 9.21. The van der Waals surface area contributed by atoms with Crippen LogP contribution in [0.4, 0.5) is 0 Å². The fourth-order valence-corrected chi connectivity index (χ4v) is 7.22. The normalized spacial score (nSPS) is 48.9. The van der Waals surface area contributed by atoms with E-state index in [4.69, 9.17) is 15.9 Å². The Bertz CT molecular complexity index is 941. The van der Waals surface area contributed by atoms with Crippen molar-refractivity contribution >= 4 is 0 Å². The van der Waals surface area contributed by atoms with Crippen LogP contribution in [0.25, 0.3) is 0 Å². The van der Waals surface area contributed by atoms with Crippen molar-refractivity contribution in [3.63, 3.8) is 0 Å². The van der Waals surface area contributed by atoms with E-state index in [-0.39, 0.29) is 5.41 Å². The van der Waals surface area contributed by atoms with Crippen molar-refractivity contribution in [2.75, 3.05) is 6.61 Å². The van der Waals surface area contributed by atoms with Gasteiger partial charge in [0.2, 0.25) is 6.29 Å². The first-order chi connectivity index (χ1) is 15.7. The van der Waals surface area contributed by atoms with Crippen LogP contribution in [0.15, 0.2) is 28.7 Å². The Morgan fingerprint density at radius 1 is 1.18 bits per heavy atom. The Balaban J connectivity index is 1.34. The monoisotopic (exact) mass is 458 g/mol. The van der Waals surface area contributed by atoms with Crippen molar-refractivity contribution in [2.45, 2.75) is 88.2 Å². The number of terminal acetylenes is 1. The molecule has 7 nitrogen and oxygen atoms in total. The molecule has 4 aliphatic carbocycles. The maximum absolute atomic E-state index is 11.1.